The van der Waals surface area contributed by atoms with E-state index in [0.29, 0.717) is 29.1 Å². The minimum absolute atomic E-state index is 0.0973. The lowest BCUT2D eigenvalue weighted by Crippen LogP contribution is -2.54. The maximum atomic E-state index is 10.4. The Balaban J connectivity index is 1.41. The fourth-order valence-corrected chi connectivity index (χ4v) is 10.2. The van der Waals surface area contributed by atoms with Crippen LogP contribution in [0, 0.1) is 52.3 Å². The van der Waals surface area contributed by atoms with Crippen molar-refractivity contribution in [2.24, 2.45) is 52.3 Å². The van der Waals surface area contributed by atoms with Crippen LogP contribution in [0.25, 0.3) is 0 Å². The van der Waals surface area contributed by atoms with Gasteiger partial charge in [-0.1, -0.05) is 20.8 Å². The molecule has 33 heavy (non-hydrogen) atoms. The van der Waals surface area contributed by atoms with E-state index in [2.05, 4.69) is 20.8 Å². The molecule has 0 aromatic heterocycles. The molecule has 192 valence electrons. The van der Waals surface area contributed by atoms with Gasteiger partial charge in [-0.2, -0.15) is 0 Å². The average molecular weight is 463 g/mol. The fraction of sp³-hybridized carbons (Fsp3) is 1.00. The van der Waals surface area contributed by atoms with Crippen molar-refractivity contribution in [3.63, 3.8) is 0 Å². The number of fused-ring (bicyclic) bond motifs is 5. The summed E-state index contributed by atoms with van der Waals surface area (Å²) < 4.78 is 0. The van der Waals surface area contributed by atoms with Crippen molar-refractivity contribution in [2.75, 3.05) is 6.61 Å². The lowest BCUT2D eigenvalue weighted by atomic mass is 9.43. The molecule has 4 fully saturated rings. The summed E-state index contributed by atoms with van der Waals surface area (Å²) in [4.78, 5) is 0. The summed E-state index contributed by atoms with van der Waals surface area (Å²) in [6.45, 7) is 11.8. The zero-order valence-electron chi connectivity index (χ0n) is 22.4. The molecule has 4 aliphatic rings. The third-order valence-electron chi connectivity index (χ3n) is 11.7. The van der Waals surface area contributed by atoms with Crippen LogP contribution in [0.2, 0.25) is 0 Å². The van der Waals surface area contributed by atoms with Crippen LogP contribution >= 0.6 is 0 Å². The van der Waals surface area contributed by atoms with Crippen molar-refractivity contribution >= 4 is 0 Å². The minimum atomic E-state index is -0.522. The first-order valence-electron chi connectivity index (χ1n) is 14.5. The molecule has 3 N–H and O–H groups in total. The topological polar surface area (TPSA) is 60.7 Å². The molecule has 3 nitrogen and oxygen atoms in total. The Morgan fingerprint density at radius 2 is 1.58 bits per heavy atom. The van der Waals surface area contributed by atoms with Gasteiger partial charge in [0.1, 0.15) is 0 Å². The molecule has 4 rings (SSSR count). The van der Waals surface area contributed by atoms with Gasteiger partial charge in [0.25, 0.3) is 0 Å². The molecule has 0 bridgehead atoms. The molecule has 4 saturated carbocycles. The van der Waals surface area contributed by atoms with Crippen LogP contribution in [-0.4, -0.2) is 33.6 Å². The first-order chi connectivity index (χ1) is 15.5. The summed E-state index contributed by atoms with van der Waals surface area (Å²) in [6.07, 6.45) is 15.7. The van der Waals surface area contributed by atoms with Crippen LogP contribution < -0.4 is 0 Å². The molecule has 10 atom stereocenters. The van der Waals surface area contributed by atoms with Gasteiger partial charge in [0.2, 0.25) is 0 Å². The molecule has 0 heterocycles. The average Bonchev–Trinajstić information content (AvgIpc) is 3.09. The standard InChI is InChI=1S/C30H54O3/c1-20(6-8-23(32)14-17-31)25-10-11-26-24-9-7-22-18-21(19-28(2,3)33)12-15-29(22,4)27(24)13-16-30(25,26)5/h20-27,31-33H,6-19H2,1-5H3/t20-,21-,22-,23?,24+,25-,26+,27+,29+,30-/m1/s1. The van der Waals surface area contributed by atoms with Crippen molar-refractivity contribution in [1.82, 2.24) is 0 Å². The first kappa shape index (κ1) is 26.0. The SMILES string of the molecule is C[C@H](CCC(O)CCO)[C@H]1CC[C@H]2[C@@H]3CC[C@@H]4C[C@H](CC(C)(C)O)CC[C@]4(C)[C@H]3CC[C@]12C. The predicted octanol–water partition coefficient (Wildman–Crippen LogP) is 6.58. The number of aliphatic hydroxyl groups is 3. The molecule has 0 amide bonds. The number of aliphatic hydroxyl groups excluding tert-OH is 2. The monoisotopic (exact) mass is 462 g/mol. The second-order valence-electron chi connectivity index (χ2n) is 14.3. The van der Waals surface area contributed by atoms with Crippen LogP contribution in [0.15, 0.2) is 0 Å². The van der Waals surface area contributed by atoms with Gasteiger partial charge in [0.15, 0.2) is 0 Å². The summed E-state index contributed by atoms with van der Waals surface area (Å²) in [5, 5.41) is 29.6. The zero-order valence-corrected chi connectivity index (χ0v) is 22.4. The quantitative estimate of drug-likeness (QED) is 0.382. The number of hydrogen-bond acceptors (Lipinski definition) is 3. The van der Waals surface area contributed by atoms with Crippen molar-refractivity contribution in [1.29, 1.82) is 0 Å². The van der Waals surface area contributed by atoms with E-state index in [1.165, 1.54) is 57.8 Å². The van der Waals surface area contributed by atoms with Crippen LogP contribution in [0.5, 0.6) is 0 Å². The normalized spacial score (nSPS) is 45.1. The molecule has 0 aromatic carbocycles. The summed E-state index contributed by atoms with van der Waals surface area (Å²) in [5.41, 5.74) is 0.494. The summed E-state index contributed by atoms with van der Waals surface area (Å²) in [7, 11) is 0. The lowest BCUT2D eigenvalue weighted by Gasteiger charge is -2.61. The lowest BCUT2D eigenvalue weighted by molar-refractivity contribution is -0.125. The van der Waals surface area contributed by atoms with E-state index < -0.39 is 5.60 Å². The smallest absolute Gasteiger partial charge is 0.0594 e. The number of hydrogen-bond donors (Lipinski definition) is 3. The van der Waals surface area contributed by atoms with Crippen LogP contribution in [0.1, 0.15) is 118 Å². The van der Waals surface area contributed by atoms with Crippen molar-refractivity contribution in [3.8, 4) is 0 Å². The van der Waals surface area contributed by atoms with E-state index in [1.54, 1.807) is 0 Å². The van der Waals surface area contributed by atoms with E-state index in [4.69, 9.17) is 5.11 Å². The molecule has 1 unspecified atom stereocenters. The van der Waals surface area contributed by atoms with Crippen molar-refractivity contribution in [3.05, 3.63) is 0 Å². The minimum Gasteiger partial charge on any atom is -0.396 e. The summed E-state index contributed by atoms with van der Waals surface area (Å²) in [6, 6.07) is 0. The highest BCUT2D eigenvalue weighted by molar-refractivity contribution is 5.09. The molecule has 0 aliphatic heterocycles. The summed E-state index contributed by atoms with van der Waals surface area (Å²) in [5.74, 6) is 5.80. The van der Waals surface area contributed by atoms with Crippen LogP contribution in [0.4, 0.5) is 0 Å². The van der Waals surface area contributed by atoms with Gasteiger partial charge >= 0.3 is 0 Å². The molecule has 0 saturated heterocycles. The highest BCUT2D eigenvalue weighted by Crippen LogP contribution is 2.68. The Bertz CT molecular complexity index is 655. The third-order valence-corrected chi connectivity index (χ3v) is 11.7. The van der Waals surface area contributed by atoms with Gasteiger partial charge < -0.3 is 15.3 Å². The van der Waals surface area contributed by atoms with Gasteiger partial charge in [0.05, 0.1) is 11.7 Å². The zero-order chi connectivity index (χ0) is 24.0. The van der Waals surface area contributed by atoms with E-state index >= 15 is 0 Å². The molecule has 0 spiro atoms. The van der Waals surface area contributed by atoms with Gasteiger partial charge in [-0.05, 0) is 150 Å². The second kappa shape index (κ2) is 9.74. The van der Waals surface area contributed by atoms with Crippen LogP contribution in [0.3, 0.4) is 0 Å². The van der Waals surface area contributed by atoms with Gasteiger partial charge in [-0.25, -0.2) is 0 Å². The highest BCUT2D eigenvalue weighted by atomic mass is 16.3. The van der Waals surface area contributed by atoms with Gasteiger partial charge in [0, 0.05) is 6.61 Å². The van der Waals surface area contributed by atoms with Crippen molar-refractivity contribution in [2.45, 2.75) is 130 Å². The third kappa shape index (κ3) is 5.08. The Kier molecular flexibility index (Phi) is 7.66. The van der Waals surface area contributed by atoms with E-state index in [-0.39, 0.29) is 12.7 Å². The summed E-state index contributed by atoms with van der Waals surface area (Å²) >= 11 is 0. The Morgan fingerprint density at radius 3 is 2.27 bits per heavy atom. The molecular weight excluding hydrogens is 408 g/mol. The molecule has 0 radical (unpaired) electrons. The molecule has 0 aromatic rings. The van der Waals surface area contributed by atoms with Gasteiger partial charge in [-0.15, -0.1) is 0 Å². The van der Waals surface area contributed by atoms with Gasteiger partial charge in [-0.3, -0.25) is 0 Å². The molecule has 3 heteroatoms. The first-order valence-corrected chi connectivity index (χ1v) is 14.5. The fourth-order valence-electron chi connectivity index (χ4n) is 10.2. The Labute approximate surface area is 204 Å². The second-order valence-corrected chi connectivity index (χ2v) is 14.3. The number of rotatable bonds is 8. The van der Waals surface area contributed by atoms with E-state index in [1.807, 2.05) is 13.8 Å². The van der Waals surface area contributed by atoms with E-state index in [9.17, 15) is 10.2 Å². The maximum absolute atomic E-state index is 10.4. The molecular formula is C30H54O3. The highest BCUT2D eigenvalue weighted by Gasteiger charge is 2.60. The largest absolute Gasteiger partial charge is 0.396 e. The maximum Gasteiger partial charge on any atom is 0.0594 e. The molecule has 4 aliphatic carbocycles. The van der Waals surface area contributed by atoms with Crippen molar-refractivity contribution < 1.29 is 15.3 Å². The Morgan fingerprint density at radius 1 is 0.879 bits per heavy atom. The predicted molar refractivity (Wildman–Crippen MR) is 136 cm³/mol. The van der Waals surface area contributed by atoms with Crippen LogP contribution in [-0.2, 0) is 0 Å². The Hall–Kier alpha value is -0.120. The van der Waals surface area contributed by atoms with E-state index in [0.717, 1.165) is 48.9 Å².